The van der Waals surface area contributed by atoms with Gasteiger partial charge in [0, 0.05) is 18.3 Å². The van der Waals surface area contributed by atoms with Gasteiger partial charge in [-0.25, -0.2) is 4.79 Å². The number of ether oxygens (including phenoxy) is 1. The first kappa shape index (κ1) is 12.5. The molecule has 18 heavy (non-hydrogen) atoms. The van der Waals surface area contributed by atoms with Crippen molar-refractivity contribution in [3.63, 3.8) is 0 Å². The molecule has 9 nitrogen and oxygen atoms in total. The standard InChI is InChI=1S/C9H12N5O4/c10-13-12-5-3-8(18-6(5)4-15)14-2-1-7(16)11-9(14)17/h1-2,5-6,8,15H,3-4H2,(H2-,10,11,12,16,17)/q-1/t5-,6+,8+/m0/s1. The molecule has 1 aliphatic rings. The van der Waals surface area contributed by atoms with E-state index >= 15 is 0 Å². The lowest BCUT2D eigenvalue weighted by Gasteiger charge is -2.19. The molecule has 1 aromatic heterocycles. The van der Waals surface area contributed by atoms with E-state index in [1.165, 1.54) is 16.8 Å². The topological polar surface area (TPSA) is 131 Å². The molecule has 1 saturated heterocycles. The van der Waals surface area contributed by atoms with Crippen LogP contribution in [-0.2, 0) is 4.74 Å². The number of nitrogens with zero attached hydrogens (tertiary/aromatic N) is 3. The normalized spacial score (nSPS) is 27.1. The van der Waals surface area contributed by atoms with Crippen molar-refractivity contribution in [1.29, 1.82) is 0 Å². The number of aliphatic hydroxyl groups is 1. The zero-order valence-corrected chi connectivity index (χ0v) is 9.31. The molecule has 9 heteroatoms. The number of hydrogen-bond donors (Lipinski definition) is 3. The fourth-order valence-electron chi connectivity index (χ4n) is 1.93. The second-order valence-corrected chi connectivity index (χ2v) is 3.90. The van der Waals surface area contributed by atoms with E-state index in [1.807, 2.05) is 0 Å². The molecule has 2 rings (SSSR count). The summed E-state index contributed by atoms with van der Waals surface area (Å²) < 4.78 is 6.65. The third-order valence-corrected chi connectivity index (χ3v) is 2.80. The lowest BCUT2D eigenvalue weighted by molar-refractivity contribution is -0.0290. The SMILES string of the molecule is [N-]=NN[C@H]1C[C@H](n2ccc(=O)[nH]c2=O)O[C@@H]1CO. The minimum absolute atomic E-state index is 0.276. The molecule has 0 unspecified atom stereocenters. The van der Waals surface area contributed by atoms with Crippen molar-refractivity contribution in [1.82, 2.24) is 15.0 Å². The van der Waals surface area contributed by atoms with Crippen LogP contribution >= 0.6 is 0 Å². The summed E-state index contributed by atoms with van der Waals surface area (Å²) in [4.78, 5) is 24.6. The molecule has 3 N–H and O–H groups in total. The fourth-order valence-corrected chi connectivity index (χ4v) is 1.93. The molecular weight excluding hydrogens is 242 g/mol. The van der Waals surface area contributed by atoms with Gasteiger partial charge in [0.1, 0.15) is 6.23 Å². The minimum Gasteiger partial charge on any atom is -0.408 e. The van der Waals surface area contributed by atoms with E-state index in [0.29, 0.717) is 6.42 Å². The van der Waals surface area contributed by atoms with Gasteiger partial charge in [0.2, 0.25) is 0 Å². The third kappa shape index (κ3) is 2.31. The number of aromatic nitrogens is 2. The van der Waals surface area contributed by atoms with Gasteiger partial charge in [-0.3, -0.25) is 19.6 Å². The number of aliphatic hydroxyl groups excluding tert-OH is 1. The third-order valence-electron chi connectivity index (χ3n) is 2.80. The largest absolute Gasteiger partial charge is 0.408 e. The average molecular weight is 254 g/mol. The van der Waals surface area contributed by atoms with Gasteiger partial charge in [0.25, 0.3) is 5.56 Å². The van der Waals surface area contributed by atoms with Crippen LogP contribution < -0.4 is 16.7 Å². The van der Waals surface area contributed by atoms with Crippen LogP contribution in [0.4, 0.5) is 0 Å². The highest BCUT2D eigenvalue weighted by Gasteiger charge is 2.33. The van der Waals surface area contributed by atoms with Crippen molar-refractivity contribution in [3.05, 3.63) is 38.6 Å². The Morgan fingerprint density at radius 1 is 1.67 bits per heavy atom. The summed E-state index contributed by atoms with van der Waals surface area (Å²) in [7, 11) is 0. The van der Waals surface area contributed by atoms with Crippen LogP contribution in [0.1, 0.15) is 12.6 Å². The molecule has 98 valence electrons. The summed E-state index contributed by atoms with van der Waals surface area (Å²) in [5, 5.41) is 11.9. The molecule has 3 atom stereocenters. The van der Waals surface area contributed by atoms with E-state index in [2.05, 4.69) is 15.6 Å². The predicted molar refractivity (Wildman–Crippen MR) is 59.6 cm³/mol. The van der Waals surface area contributed by atoms with E-state index in [0.717, 1.165) is 0 Å². The summed E-state index contributed by atoms with van der Waals surface area (Å²) in [5.41, 5.74) is 9.75. The van der Waals surface area contributed by atoms with E-state index in [9.17, 15) is 9.59 Å². The number of aromatic amines is 1. The van der Waals surface area contributed by atoms with Crippen LogP contribution in [0.3, 0.4) is 0 Å². The Labute approximate surface area is 101 Å². The molecule has 1 aromatic rings. The van der Waals surface area contributed by atoms with Gasteiger partial charge < -0.3 is 20.8 Å². The van der Waals surface area contributed by atoms with Gasteiger partial charge in [-0.15, -0.1) is 0 Å². The lowest BCUT2D eigenvalue weighted by atomic mass is 10.1. The van der Waals surface area contributed by atoms with E-state index < -0.39 is 29.6 Å². The molecule has 0 bridgehead atoms. The first-order chi connectivity index (χ1) is 8.65. The molecular formula is C9H12N5O4-. The monoisotopic (exact) mass is 254 g/mol. The maximum atomic E-state index is 11.6. The van der Waals surface area contributed by atoms with Gasteiger partial charge in [-0.2, -0.15) is 0 Å². The Kier molecular flexibility index (Phi) is 3.53. The maximum absolute atomic E-state index is 11.6. The van der Waals surface area contributed by atoms with Gasteiger partial charge in [0.05, 0.1) is 12.7 Å². The second-order valence-electron chi connectivity index (χ2n) is 3.90. The molecule has 0 aromatic carbocycles. The molecule has 0 amide bonds. The van der Waals surface area contributed by atoms with Crippen molar-refractivity contribution >= 4 is 0 Å². The summed E-state index contributed by atoms with van der Waals surface area (Å²) in [6.07, 6.45) is 0.412. The summed E-state index contributed by atoms with van der Waals surface area (Å²) in [6.45, 7) is -0.276. The number of hydrogen-bond acceptors (Lipinski definition) is 5. The molecule has 0 spiro atoms. The van der Waals surface area contributed by atoms with Crippen LogP contribution in [0.25, 0.3) is 5.53 Å². The summed E-state index contributed by atoms with van der Waals surface area (Å²) in [6, 6.07) is 0.791. The zero-order chi connectivity index (χ0) is 13.1. The Morgan fingerprint density at radius 2 is 2.44 bits per heavy atom. The lowest BCUT2D eigenvalue weighted by Crippen LogP contribution is -2.34. The number of H-pyrrole nitrogens is 1. The highest BCUT2D eigenvalue weighted by molar-refractivity contribution is 4.90. The van der Waals surface area contributed by atoms with Crippen molar-refractivity contribution in [3.8, 4) is 0 Å². The Hall–Kier alpha value is -2.00. The average Bonchev–Trinajstić information content (AvgIpc) is 2.72. The quantitative estimate of drug-likeness (QED) is 0.454. The summed E-state index contributed by atoms with van der Waals surface area (Å²) >= 11 is 0. The zero-order valence-electron chi connectivity index (χ0n) is 9.31. The Balaban J connectivity index is 2.23. The second kappa shape index (κ2) is 5.10. The maximum Gasteiger partial charge on any atom is 0.330 e. The smallest absolute Gasteiger partial charge is 0.330 e. The molecule has 0 saturated carbocycles. The fraction of sp³-hybridized carbons (Fsp3) is 0.556. The van der Waals surface area contributed by atoms with Crippen molar-refractivity contribution in [2.75, 3.05) is 6.61 Å². The number of nitrogens with one attached hydrogen (secondary N) is 2. The van der Waals surface area contributed by atoms with E-state index in [-0.39, 0.29) is 6.61 Å². The highest BCUT2D eigenvalue weighted by atomic mass is 16.5. The predicted octanol–water partition coefficient (Wildman–Crippen LogP) is -1.29. The van der Waals surface area contributed by atoms with Gasteiger partial charge >= 0.3 is 5.69 Å². The first-order valence-corrected chi connectivity index (χ1v) is 5.33. The van der Waals surface area contributed by atoms with Crippen molar-refractivity contribution < 1.29 is 9.84 Å². The number of rotatable bonds is 4. The highest BCUT2D eigenvalue weighted by Crippen LogP contribution is 2.27. The molecule has 0 radical (unpaired) electrons. The van der Waals surface area contributed by atoms with Gasteiger partial charge in [0.15, 0.2) is 0 Å². The van der Waals surface area contributed by atoms with E-state index in [4.69, 9.17) is 15.4 Å². The Bertz CT molecular complexity index is 538. The van der Waals surface area contributed by atoms with Crippen LogP contribution in [0.2, 0.25) is 0 Å². The van der Waals surface area contributed by atoms with Crippen LogP contribution in [0.5, 0.6) is 0 Å². The Morgan fingerprint density at radius 3 is 3.06 bits per heavy atom. The first-order valence-electron chi connectivity index (χ1n) is 5.33. The molecule has 0 aliphatic carbocycles. The van der Waals surface area contributed by atoms with Crippen LogP contribution in [0.15, 0.2) is 27.1 Å². The van der Waals surface area contributed by atoms with Crippen molar-refractivity contribution in [2.45, 2.75) is 24.8 Å². The van der Waals surface area contributed by atoms with Crippen LogP contribution in [0, 0.1) is 0 Å². The van der Waals surface area contributed by atoms with E-state index in [1.54, 1.807) is 0 Å². The van der Waals surface area contributed by atoms with Crippen LogP contribution in [-0.4, -0.2) is 33.4 Å². The summed E-state index contributed by atoms with van der Waals surface area (Å²) in [5.74, 6) is 0. The van der Waals surface area contributed by atoms with Gasteiger partial charge in [-0.1, -0.05) is 0 Å². The molecule has 2 heterocycles. The molecule has 1 aliphatic heterocycles. The van der Waals surface area contributed by atoms with Crippen molar-refractivity contribution in [2.24, 2.45) is 5.22 Å². The van der Waals surface area contributed by atoms with Gasteiger partial charge in [-0.05, 0) is 6.42 Å². The molecule has 1 fully saturated rings. The minimum atomic E-state index is -0.634.